The van der Waals surface area contributed by atoms with Gasteiger partial charge in [0, 0.05) is 18.7 Å². The molecule has 1 aliphatic rings. The molecule has 0 aliphatic carbocycles. The number of carbonyl (C=O) groups excluding carboxylic acids is 3. The van der Waals surface area contributed by atoms with Gasteiger partial charge in [0.1, 0.15) is 6.04 Å². The number of hydrogen-bond acceptors (Lipinski definition) is 4. The van der Waals surface area contributed by atoms with Crippen LogP contribution < -0.4 is 5.32 Å². The summed E-state index contributed by atoms with van der Waals surface area (Å²) in [5.74, 6) is -1.23. The first kappa shape index (κ1) is 19.0. The Morgan fingerprint density at radius 3 is 2.40 bits per heavy atom. The van der Waals surface area contributed by atoms with E-state index in [9.17, 15) is 14.4 Å². The fourth-order valence-electron chi connectivity index (χ4n) is 2.82. The van der Waals surface area contributed by atoms with Gasteiger partial charge in [-0.3, -0.25) is 9.59 Å². The van der Waals surface area contributed by atoms with Gasteiger partial charge >= 0.3 is 5.97 Å². The van der Waals surface area contributed by atoms with E-state index in [-0.39, 0.29) is 24.3 Å². The number of nitrogens with one attached hydrogen (secondary N) is 1. The Balaban J connectivity index is 1.95. The highest BCUT2D eigenvalue weighted by molar-refractivity contribution is 5.98. The third-order valence-corrected chi connectivity index (χ3v) is 4.39. The molecule has 0 spiro atoms. The molecule has 1 fully saturated rings. The van der Waals surface area contributed by atoms with Crippen LogP contribution in [0.25, 0.3) is 0 Å². The summed E-state index contributed by atoms with van der Waals surface area (Å²) in [5, 5.41) is 2.73. The molecule has 6 nitrogen and oxygen atoms in total. The molecular formula is C19H26N2O4. The zero-order valence-corrected chi connectivity index (χ0v) is 15.1. The standard InChI is InChI=1S/C19H26N2O4/c1-13(2)17(20-18(23)15-9-5-4-8-14(15)3)19(24)25-12-16(22)21-10-6-7-11-21/h4-5,8-9,13,17H,6-7,10-12H2,1-3H3,(H,20,23). The third kappa shape index (κ3) is 5.05. The van der Waals surface area contributed by atoms with Crippen LogP contribution in [0, 0.1) is 12.8 Å². The Hall–Kier alpha value is -2.37. The molecule has 0 radical (unpaired) electrons. The molecular weight excluding hydrogens is 320 g/mol. The predicted molar refractivity (Wildman–Crippen MR) is 94.0 cm³/mol. The molecule has 0 saturated carbocycles. The molecule has 0 aromatic heterocycles. The lowest BCUT2D eigenvalue weighted by atomic mass is 10.0. The van der Waals surface area contributed by atoms with Crippen LogP contribution in [0.3, 0.4) is 0 Å². The number of likely N-dealkylation sites (tertiary alicyclic amines) is 1. The fraction of sp³-hybridized carbons (Fsp3) is 0.526. The van der Waals surface area contributed by atoms with Gasteiger partial charge in [-0.1, -0.05) is 32.0 Å². The topological polar surface area (TPSA) is 75.7 Å². The van der Waals surface area contributed by atoms with E-state index < -0.39 is 12.0 Å². The first-order chi connectivity index (χ1) is 11.9. The van der Waals surface area contributed by atoms with Gasteiger partial charge in [-0.15, -0.1) is 0 Å². The summed E-state index contributed by atoms with van der Waals surface area (Å²) in [6.45, 7) is 6.65. The number of benzene rings is 1. The number of amides is 2. The molecule has 1 unspecified atom stereocenters. The number of ether oxygens (including phenoxy) is 1. The van der Waals surface area contributed by atoms with Gasteiger partial charge in [0.25, 0.3) is 11.8 Å². The summed E-state index contributed by atoms with van der Waals surface area (Å²) >= 11 is 0. The van der Waals surface area contributed by atoms with Crippen LogP contribution in [0.1, 0.15) is 42.6 Å². The van der Waals surface area contributed by atoms with Crippen molar-refractivity contribution < 1.29 is 19.1 Å². The molecule has 1 atom stereocenters. The second kappa shape index (κ2) is 8.65. The van der Waals surface area contributed by atoms with Gasteiger partial charge < -0.3 is 15.0 Å². The quantitative estimate of drug-likeness (QED) is 0.799. The molecule has 1 heterocycles. The van der Waals surface area contributed by atoms with Crippen molar-refractivity contribution in [1.82, 2.24) is 10.2 Å². The summed E-state index contributed by atoms with van der Waals surface area (Å²) in [6, 6.07) is 6.39. The van der Waals surface area contributed by atoms with E-state index in [2.05, 4.69) is 5.32 Å². The normalized spacial score (nSPS) is 15.1. The Bertz CT molecular complexity index is 636. The minimum Gasteiger partial charge on any atom is -0.454 e. The van der Waals surface area contributed by atoms with E-state index in [1.807, 2.05) is 32.9 Å². The zero-order chi connectivity index (χ0) is 18.4. The van der Waals surface area contributed by atoms with Crippen molar-refractivity contribution in [3.8, 4) is 0 Å². The van der Waals surface area contributed by atoms with E-state index >= 15 is 0 Å². The average Bonchev–Trinajstić information content (AvgIpc) is 3.11. The summed E-state index contributed by atoms with van der Waals surface area (Å²) in [4.78, 5) is 38.5. The van der Waals surface area contributed by atoms with Crippen LogP contribution >= 0.6 is 0 Å². The monoisotopic (exact) mass is 346 g/mol. The van der Waals surface area contributed by atoms with Crippen molar-refractivity contribution in [2.24, 2.45) is 5.92 Å². The SMILES string of the molecule is Cc1ccccc1C(=O)NC(C(=O)OCC(=O)N1CCCC1)C(C)C. The lowest BCUT2D eigenvalue weighted by Gasteiger charge is -2.22. The lowest BCUT2D eigenvalue weighted by Crippen LogP contribution is -2.46. The van der Waals surface area contributed by atoms with Crippen molar-refractivity contribution in [2.75, 3.05) is 19.7 Å². The first-order valence-electron chi connectivity index (χ1n) is 8.71. The fourth-order valence-corrected chi connectivity index (χ4v) is 2.82. The summed E-state index contributed by atoms with van der Waals surface area (Å²) in [7, 11) is 0. The number of nitrogens with zero attached hydrogens (tertiary/aromatic N) is 1. The molecule has 2 amide bonds. The predicted octanol–water partition coefficient (Wildman–Crippen LogP) is 1.92. The van der Waals surface area contributed by atoms with E-state index in [1.54, 1.807) is 17.0 Å². The Morgan fingerprint density at radius 1 is 1.16 bits per heavy atom. The number of aryl methyl sites for hydroxylation is 1. The maximum absolute atomic E-state index is 12.4. The van der Waals surface area contributed by atoms with Crippen molar-refractivity contribution in [3.63, 3.8) is 0 Å². The zero-order valence-electron chi connectivity index (χ0n) is 15.1. The molecule has 136 valence electrons. The lowest BCUT2D eigenvalue weighted by molar-refractivity contribution is -0.154. The van der Waals surface area contributed by atoms with Gasteiger partial charge in [-0.2, -0.15) is 0 Å². The molecule has 1 saturated heterocycles. The summed E-state index contributed by atoms with van der Waals surface area (Å²) < 4.78 is 5.16. The number of hydrogen-bond donors (Lipinski definition) is 1. The molecule has 1 aromatic rings. The van der Waals surface area contributed by atoms with Crippen LogP contribution in [0.2, 0.25) is 0 Å². The molecule has 6 heteroatoms. The minimum absolute atomic E-state index is 0.151. The van der Waals surface area contributed by atoms with Crippen molar-refractivity contribution in [2.45, 2.75) is 39.7 Å². The van der Waals surface area contributed by atoms with Crippen LogP contribution in [-0.2, 0) is 14.3 Å². The van der Waals surface area contributed by atoms with Crippen molar-refractivity contribution >= 4 is 17.8 Å². The highest BCUT2D eigenvalue weighted by Gasteiger charge is 2.28. The highest BCUT2D eigenvalue weighted by Crippen LogP contribution is 2.11. The van der Waals surface area contributed by atoms with Gasteiger partial charge in [0.2, 0.25) is 0 Å². The van der Waals surface area contributed by atoms with Gasteiger partial charge in [0.05, 0.1) is 0 Å². The number of rotatable bonds is 6. The molecule has 0 bridgehead atoms. The van der Waals surface area contributed by atoms with Gasteiger partial charge in [0.15, 0.2) is 6.61 Å². The minimum atomic E-state index is -0.793. The van der Waals surface area contributed by atoms with E-state index in [0.717, 1.165) is 18.4 Å². The molecule has 1 aromatic carbocycles. The van der Waals surface area contributed by atoms with Crippen LogP contribution in [0.15, 0.2) is 24.3 Å². The summed E-state index contributed by atoms with van der Waals surface area (Å²) in [6.07, 6.45) is 1.97. The highest BCUT2D eigenvalue weighted by atomic mass is 16.5. The Morgan fingerprint density at radius 2 is 1.80 bits per heavy atom. The first-order valence-corrected chi connectivity index (χ1v) is 8.71. The Labute approximate surface area is 148 Å². The Kier molecular flexibility index (Phi) is 6.56. The molecule has 1 N–H and O–H groups in total. The molecule has 2 rings (SSSR count). The van der Waals surface area contributed by atoms with Gasteiger partial charge in [-0.25, -0.2) is 4.79 Å². The van der Waals surface area contributed by atoms with E-state index in [4.69, 9.17) is 4.74 Å². The van der Waals surface area contributed by atoms with Gasteiger partial charge in [-0.05, 0) is 37.3 Å². The largest absolute Gasteiger partial charge is 0.454 e. The van der Waals surface area contributed by atoms with E-state index in [0.29, 0.717) is 18.7 Å². The maximum Gasteiger partial charge on any atom is 0.329 e. The number of esters is 1. The van der Waals surface area contributed by atoms with Crippen LogP contribution in [0.5, 0.6) is 0 Å². The number of carbonyl (C=O) groups is 3. The second-order valence-electron chi connectivity index (χ2n) is 6.71. The second-order valence-corrected chi connectivity index (χ2v) is 6.71. The summed E-state index contributed by atoms with van der Waals surface area (Å²) in [5.41, 5.74) is 1.36. The molecule has 1 aliphatic heterocycles. The van der Waals surface area contributed by atoms with Crippen LogP contribution in [-0.4, -0.2) is 48.4 Å². The van der Waals surface area contributed by atoms with Crippen molar-refractivity contribution in [3.05, 3.63) is 35.4 Å². The van der Waals surface area contributed by atoms with Crippen LogP contribution in [0.4, 0.5) is 0 Å². The van der Waals surface area contributed by atoms with E-state index in [1.165, 1.54) is 0 Å². The smallest absolute Gasteiger partial charge is 0.329 e. The van der Waals surface area contributed by atoms with Crippen molar-refractivity contribution in [1.29, 1.82) is 0 Å². The maximum atomic E-state index is 12.4. The average molecular weight is 346 g/mol. The molecule has 25 heavy (non-hydrogen) atoms. The third-order valence-electron chi connectivity index (χ3n) is 4.39.